The maximum absolute atomic E-state index is 11.1. The first-order valence-corrected chi connectivity index (χ1v) is 5.91. The molecule has 0 saturated carbocycles. The lowest BCUT2D eigenvalue weighted by Gasteiger charge is -2.23. The Hall–Kier alpha value is -1.82. The highest BCUT2D eigenvalue weighted by Gasteiger charge is 2.24. The van der Waals surface area contributed by atoms with Crippen LogP contribution in [0.5, 0.6) is 11.5 Å². The number of rotatable bonds is 4. The van der Waals surface area contributed by atoms with E-state index in [0.29, 0.717) is 0 Å². The molecule has 1 fully saturated rings. The lowest BCUT2D eigenvalue weighted by molar-refractivity contribution is -0.387. The van der Waals surface area contributed by atoms with Gasteiger partial charge in [-0.1, -0.05) is 6.07 Å². The van der Waals surface area contributed by atoms with Crippen molar-refractivity contribution in [3.63, 3.8) is 0 Å². The first-order valence-electron chi connectivity index (χ1n) is 5.91. The van der Waals surface area contributed by atoms with Crippen LogP contribution >= 0.6 is 0 Å². The van der Waals surface area contributed by atoms with Crippen molar-refractivity contribution in [3.8, 4) is 11.5 Å². The van der Waals surface area contributed by atoms with Crippen LogP contribution in [0.25, 0.3) is 0 Å². The second-order valence-corrected chi connectivity index (χ2v) is 4.13. The Morgan fingerprint density at radius 1 is 1.33 bits per heavy atom. The third kappa shape index (κ3) is 2.70. The quantitative estimate of drug-likeness (QED) is 0.652. The van der Waals surface area contributed by atoms with Gasteiger partial charge in [0.25, 0.3) is 0 Å². The predicted octanol–water partition coefficient (Wildman–Crippen LogP) is 1.73. The van der Waals surface area contributed by atoms with Crippen LogP contribution in [-0.2, 0) is 0 Å². The van der Waals surface area contributed by atoms with Crippen LogP contribution in [0.1, 0.15) is 12.8 Å². The molecule has 1 heterocycles. The van der Waals surface area contributed by atoms with E-state index in [1.807, 2.05) is 0 Å². The van der Waals surface area contributed by atoms with Crippen molar-refractivity contribution in [1.82, 2.24) is 5.32 Å². The average molecular weight is 252 g/mol. The van der Waals surface area contributed by atoms with Gasteiger partial charge < -0.3 is 14.8 Å². The minimum Gasteiger partial charge on any atom is -0.490 e. The Morgan fingerprint density at radius 2 is 2.00 bits per heavy atom. The lowest BCUT2D eigenvalue weighted by Crippen LogP contribution is -2.34. The Morgan fingerprint density at radius 3 is 2.61 bits per heavy atom. The Kier molecular flexibility index (Phi) is 3.99. The smallest absolute Gasteiger partial charge is 0.352 e. The molecule has 0 atom stereocenters. The molecule has 1 aromatic carbocycles. The van der Waals surface area contributed by atoms with Gasteiger partial charge in [0.15, 0.2) is 0 Å². The van der Waals surface area contributed by atoms with Crippen LogP contribution < -0.4 is 14.8 Å². The number of nitrogens with zero attached hydrogens (tertiary/aromatic N) is 1. The number of nitro benzene ring substituents is 1. The Balaban J connectivity index is 2.23. The summed E-state index contributed by atoms with van der Waals surface area (Å²) in [6.07, 6.45) is 1.74. The third-order valence-electron chi connectivity index (χ3n) is 2.94. The summed E-state index contributed by atoms with van der Waals surface area (Å²) < 4.78 is 10.7. The van der Waals surface area contributed by atoms with Gasteiger partial charge in [0, 0.05) is 0 Å². The summed E-state index contributed by atoms with van der Waals surface area (Å²) in [7, 11) is 1.41. The number of piperidine rings is 1. The van der Waals surface area contributed by atoms with E-state index < -0.39 is 4.92 Å². The van der Waals surface area contributed by atoms with Crippen molar-refractivity contribution < 1.29 is 14.4 Å². The molecular formula is C12H16N2O4. The number of methoxy groups -OCH3 is 1. The van der Waals surface area contributed by atoms with Crippen LogP contribution in [0, 0.1) is 10.1 Å². The number of nitro groups is 1. The monoisotopic (exact) mass is 252 g/mol. The first kappa shape index (κ1) is 12.6. The molecule has 0 unspecified atom stereocenters. The van der Waals surface area contributed by atoms with E-state index in [2.05, 4.69) is 5.32 Å². The number of nitrogens with one attached hydrogen (secondary N) is 1. The number of hydrogen-bond donors (Lipinski definition) is 1. The van der Waals surface area contributed by atoms with Gasteiger partial charge in [-0.15, -0.1) is 0 Å². The van der Waals surface area contributed by atoms with Crippen molar-refractivity contribution in [2.45, 2.75) is 18.9 Å². The Labute approximate surface area is 105 Å². The molecule has 18 heavy (non-hydrogen) atoms. The van der Waals surface area contributed by atoms with Crippen LogP contribution in [0.4, 0.5) is 5.69 Å². The fourth-order valence-electron chi connectivity index (χ4n) is 2.03. The van der Waals surface area contributed by atoms with Gasteiger partial charge >= 0.3 is 5.69 Å². The summed E-state index contributed by atoms with van der Waals surface area (Å²) in [6, 6.07) is 4.87. The largest absolute Gasteiger partial charge is 0.490 e. The highest BCUT2D eigenvalue weighted by Crippen LogP contribution is 2.37. The van der Waals surface area contributed by atoms with Gasteiger partial charge in [0.2, 0.25) is 11.5 Å². The number of hydrogen-bond acceptors (Lipinski definition) is 5. The maximum Gasteiger partial charge on any atom is 0.352 e. The van der Waals surface area contributed by atoms with E-state index in [4.69, 9.17) is 9.47 Å². The molecule has 6 nitrogen and oxygen atoms in total. The lowest BCUT2D eigenvalue weighted by atomic mass is 10.1. The van der Waals surface area contributed by atoms with Gasteiger partial charge in [0.1, 0.15) is 6.10 Å². The van der Waals surface area contributed by atoms with Crippen LogP contribution in [0.15, 0.2) is 18.2 Å². The van der Waals surface area contributed by atoms with Gasteiger partial charge in [-0.05, 0) is 38.1 Å². The zero-order valence-electron chi connectivity index (χ0n) is 10.2. The second-order valence-electron chi connectivity index (χ2n) is 4.13. The molecule has 0 aliphatic carbocycles. The van der Waals surface area contributed by atoms with Crippen LogP contribution in [-0.4, -0.2) is 31.2 Å². The van der Waals surface area contributed by atoms with Crippen LogP contribution in [0.2, 0.25) is 0 Å². The normalized spacial score (nSPS) is 16.3. The van der Waals surface area contributed by atoms with Crippen LogP contribution in [0.3, 0.4) is 0 Å². The fraction of sp³-hybridized carbons (Fsp3) is 0.500. The second kappa shape index (κ2) is 5.68. The maximum atomic E-state index is 11.1. The topological polar surface area (TPSA) is 73.6 Å². The average Bonchev–Trinajstić information content (AvgIpc) is 2.39. The van der Waals surface area contributed by atoms with Crippen molar-refractivity contribution in [3.05, 3.63) is 28.3 Å². The van der Waals surface area contributed by atoms with Gasteiger partial charge in [0.05, 0.1) is 12.0 Å². The fourth-order valence-corrected chi connectivity index (χ4v) is 2.03. The first-order chi connectivity index (χ1) is 8.72. The summed E-state index contributed by atoms with van der Waals surface area (Å²) in [5.74, 6) is 0.512. The predicted molar refractivity (Wildman–Crippen MR) is 66.2 cm³/mol. The van der Waals surface area contributed by atoms with Crippen molar-refractivity contribution >= 4 is 5.69 Å². The number of para-hydroxylation sites is 1. The van der Waals surface area contributed by atoms with Gasteiger partial charge in [-0.2, -0.15) is 0 Å². The Bertz CT molecular complexity index is 430. The molecule has 0 radical (unpaired) electrons. The number of ether oxygens (including phenoxy) is 2. The zero-order chi connectivity index (χ0) is 13.0. The summed E-state index contributed by atoms with van der Waals surface area (Å²) >= 11 is 0. The summed E-state index contributed by atoms with van der Waals surface area (Å²) in [5, 5.41) is 14.3. The summed E-state index contributed by atoms with van der Waals surface area (Å²) in [4.78, 5) is 10.6. The van der Waals surface area contributed by atoms with E-state index in [1.54, 1.807) is 18.2 Å². The molecule has 1 aliphatic heterocycles. The molecule has 2 rings (SSSR count). The molecule has 1 N–H and O–H groups in total. The summed E-state index contributed by atoms with van der Waals surface area (Å²) in [5.41, 5.74) is -0.0986. The minimum absolute atomic E-state index is 0.0251. The SMILES string of the molecule is COc1cccc(OC2CCNCC2)c1[N+](=O)[O-]. The molecule has 1 aromatic rings. The zero-order valence-corrected chi connectivity index (χ0v) is 10.2. The minimum atomic E-state index is -0.463. The molecule has 6 heteroatoms. The highest BCUT2D eigenvalue weighted by molar-refractivity contribution is 5.57. The molecular weight excluding hydrogens is 236 g/mol. The third-order valence-corrected chi connectivity index (χ3v) is 2.94. The van der Waals surface area contributed by atoms with Gasteiger partial charge in [-0.25, -0.2) is 0 Å². The molecule has 0 aromatic heterocycles. The molecule has 1 saturated heterocycles. The highest BCUT2D eigenvalue weighted by atomic mass is 16.6. The molecule has 0 bridgehead atoms. The molecule has 1 aliphatic rings. The van der Waals surface area contributed by atoms with E-state index in [9.17, 15) is 10.1 Å². The summed E-state index contributed by atoms with van der Waals surface area (Å²) in [6.45, 7) is 1.75. The van der Waals surface area contributed by atoms with E-state index in [0.717, 1.165) is 25.9 Å². The van der Waals surface area contributed by atoms with E-state index in [1.165, 1.54) is 7.11 Å². The van der Waals surface area contributed by atoms with Gasteiger partial charge in [-0.3, -0.25) is 10.1 Å². The van der Waals surface area contributed by atoms with Crippen molar-refractivity contribution in [1.29, 1.82) is 0 Å². The van der Waals surface area contributed by atoms with E-state index in [-0.39, 0.29) is 23.3 Å². The molecule has 98 valence electrons. The molecule has 0 amide bonds. The van der Waals surface area contributed by atoms with Crippen molar-refractivity contribution in [2.24, 2.45) is 0 Å². The molecule has 0 spiro atoms. The number of benzene rings is 1. The standard InChI is InChI=1S/C12H16N2O4/c1-17-10-3-2-4-11(12(10)14(15)16)18-9-5-7-13-8-6-9/h2-4,9,13H,5-8H2,1H3. The van der Waals surface area contributed by atoms with Crippen molar-refractivity contribution in [2.75, 3.05) is 20.2 Å². The van der Waals surface area contributed by atoms with E-state index >= 15 is 0 Å².